The van der Waals surface area contributed by atoms with E-state index in [1.807, 2.05) is 56.4 Å². The van der Waals surface area contributed by atoms with Gasteiger partial charge in [-0.1, -0.05) is 270 Å². The minimum Gasteiger partial charge on any atom is -0.464 e. The fraction of sp³-hybridized carbons (Fsp3) is 0.607. The number of hydrogen-bond acceptors (Lipinski definition) is 11. The van der Waals surface area contributed by atoms with Crippen molar-refractivity contribution >= 4 is 58.4 Å². The van der Waals surface area contributed by atoms with Crippen LogP contribution in [0, 0.1) is 35.5 Å². The molecule has 118 heavy (non-hydrogen) atoms. The van der Waals surface area contributed by atoms with Crippen LogP contribution in [0.4, 0.5) is 0 Å². The highest BCUT2D eigenvalue weighted by molar-refractivity contribution is 8.19. The molecule has 0 spiro atoms. The zero-order chi connectivity index (χ0) is 85.2. The third-order valence-corrected chi connectivity index (χ3v) is 29.2. The van der Waals surface area contributed by atoms with Gasteiger partial charge in [-0.05, 0) is 244 Å². The third-order valence-electron chi connectivity index (χ3n) is 25.8. The highest BCUT2D eigenvalue weighted by Crippen LogP contribution is 2.60. The molecule has 0 aliphatic heterocycles. The molecule has 0 heterocycles. The number of thioether (sulfide) groups is 2. The fourth-order valence-electron chi connectivity index (χ4n) is 19.7. The average molecular weight is 1640 g/mol. The monoisotopic (exact) mass is 1640 g/mol. The average Bonchev–Trinajstić information content (AvgIpc) is 1.53. The molecule has 0 aromatic heterocycles. The lowest BCUT2D eigenvalue weighted by Crippen LogP contribution is -2.51. The van der Waals surface area contributed by atoms with E-state index < -0.39 is 21.3 Å². The van der Waals surface area contributed by atoms with Crippen molar-refractivity contribution in [3.63, 3.8) is 0 Å². The smallest absolute Gasteiger partial charge is 0.332 e. The normalized spacial score (nSPS) is 20.6. The van der Waals surface area contributed by atoms with Crippen LogP contribution in [0.5, 0.6) is 0 Å². The van der Waals surface area contributed by atoms with E-state index in [1.54, 1.807) is 0 Å². The number of carbonyl (C=O) groups excluding carboxylic acids is 6. The molecule has 11 heteroatoms. The molecule has 1 unspecified atom stereocenters. The molecule has 0 fully saturated rings. The summed E-state index contributed by atoms with van der Waals surface area (Å²) in [6, 6.07) is 0. The first-order valence-electron chi connectivity index (χ1n) is 46.6. The van der Waals surface area contributed by atoms with E-state index in [2.05, 4.69) is 124 Å². The standard InChI is InChI=1S/C28H42O3.C28H42OS2.C26H30O.C25H32O4/c2*1-5-7-9-11-13-15-30-28(31-16-14-12-10-8-6-2)26-20-22(4)18-24(26)23-17-21(3)19-25(23)27(28)29;1-5-7-9-11-13-26(14-12-10-8-6-2)24-18-20(4)16-22(24)21-15-19(3)17-23(21)25(26)27;1-5-7-9-10-22(26)25(24(28)29-11-8-6-2)21-15-17(4)13-19(21)18-12-16(3)14-20(18)23(25)27/h2*19-20H,5-18H2,1-4H3;1-2,17-18H,7-16H2,3-4H3;14-15H,5-13H2,1-4H3. The van der Waals surface area contributed by atoms with Gasteiger partial charge in [0.2, 0.25) is 11.2 Å². The maximum Gasteiger partial charge on any atom is 0.332 e. The van der Waals surface area contributed by atoms with Crippen molar-refractivity contribution < 1.29 is 43.0 Å². The first-order chi connectivity index (χ1) is 57.0. The molecule has 640 valence electrons. The number of fused-ring (bicyclic) bond motifs is 4. The maximum atomic E-state index is 14.0. The first kappa shape index (κ1) is 95.2. The van der Waals surface area contributed by atoms with Gasteiger partial charge in [0, 0.05) is 47.1 Å². The van der Waals surface area contributed by atoms with Gasteiger partial charge in [-0.3, -0.25) is 28.8 Å². The highest BCUT2D eigenvalue weighted by Gasteiger charge is 2.61. The number of rotatable bonds is 45. The van der Waals surface area contributed by atoms with Gasteiger partial charge in [0.05, 0.1) is 25.2 Å². The topological polar surface area (TPSA) is 130 Å². The van der Waals surface area contributed by atoms with Gasteiger partial charge in [-0.25, -0.2) is 0 Å². The van der Waals surface area contributed by atoms with Crippen LogP contribution >= 0.6 is 23.5 Å². The van der Waals surface area contributed by atoms with Crippen LogP contribution in [-0.2, 0) is 43.0 Å². The van der Waals surface area contributed by atoms with Crippen LogP contribution in [0.3, 0.4) is 0 Å². The number of ether oxygens (including phenoxy) is 3. The van der Waals surface area contributed by atoms with Gasteiger partial charge >= 0.3 is 5.97 Å². The van der Waals surface area contributed by atoms with Crippen LogP contribution in [0.25, 0.3) is 0 Å². The van der Waals surface area contributed by atoms with Gasteiger partial charge in [-0.2, -0.15) is 0 Å². The lowest BCUT2D eigenvalue weighted by molar-refractivity contribution is -0.207. The molecule has 0 N–H and O–H groups in total. The summed E-state index contributed by atoms with van der Waals surface area (Å²) in [5, 5.41) is 0. The molecule has 0 aromatic rings. The zero-order valence-electron chi connectivity index (χ0n) is 75.5. The predicted octanol–water partition coefficient (Wildman–Crippen LogP) is 28.1. The van der Waals surface area contributed by atoms with Crippen LogP contribution in [0.15, 0.2) is 182 Å². The predicted molar refractivity (Wildman–Crippen MR) is 495 cm³/mol. The number of carbonyl (C=O) groups is 6. The lowest BCUT2D eigenvalue weighted by Gasteiger charge is -2.38. The first-order valence-corrected chi connectivity index (χ1v) is 48.5. The largest absolute Gasteiger partial charge is 0.464 e. The van der Waals surface area contributed by atoms with Crippen LogP contribution in [0.2, 0.25) is 0 Å². The van der Waals surface area contributed by atoms with Crippen molar-refractivity contribution in [2.24, 2.45) is 10.8 Å². The molecule has 0 saturated heterocycles. The number of Topliss-reactive ketones (excluding diaryl/α,β-unsaturated/α-hetero) is 5. The summed E-state index contributed by atoms with van der Waals surface area (Å²) < 4.78 is 18.1. The van der Waals surface area contributed by atoms with E-state index in [-0.39, 0.29) is 35.8 Å². The van der Waals surface area contributed by atoms with Gasteiger partial charge in [0.15, 0.2) is 23.1 Å². The van der Waals surface area contributed by atoms with E-state index in [0.29, 0.717) is 61.6 Å². The Hall–Kier alpha value is -6.60. The van der Waals surface area contributed by atoms with Crippen molar-refractivity contribution in [2.75, 3.05) is 31.3 Å². The van der Waals surface area contributed by atoms with E-state index in [1.165, 1.54) is 181 Å². The molecular weight excluding hydrogens is 1490 g/mol. The molecule has 1 atom stereocenters. The van der Waals surface area contributed by atoms with Crippen LogP contribution in [-0.4, -0.2) is 76.1 Å². The number of allylic oxidation sites excluding steroid dienone is 27. The Bertz CT molecular complexity index is 4170. The summed E-state index contributed by atoms with van der Waals surface area (Å²) >= 11 is 3.91. The summed E-state index contributed by atoms with van der Waals surface area (Å²) in [4.78, 5) is 82.5. The second-order valence-electron chi connectivity index (χ2n) is 36.1. The van der Waals surface area contributed by atoms with Crippen LogP contribution < -0.4 is 0 Å². The Kier molecular flexibility index (Phi) is 37.2. The molecular formula is C107H146O9S2. The summed E-state index contributed by atoms with van der Waals surface area (Å²) in [6.45, 7) is 31.5. The minimum atomic E-state index is -1.82. The van der Waals surface area contributed by atoms with Crippen LogP contribution in [0.1, 0.15) is 367 Å². The van der Waals surface area contributed by atoms with Gasteiger partial charge in [0.25, 0.3) is 5.79 Å². The Balaban J connectivity index is 0.000000180. The Morgan fingerprint density at radius 2 is 0.686 bits per heavy atom. The van der Waals surface area contributed by atoms with E-state index in [0.717, 1.165) is 191 Å². The molecule has 0 saturated carbocycles. The van der Waals surface area contributed by atoms with E-state index in [4.69, 9.17) is 27.1 Å². The third kappa shape index (κ3) is 22.1. The molecule has 9 nitrogen and oxygen atoms in total. The number of unbranched alkanes of at least 4 members (excludes halogenated alkanes) is 23. The van der Waals surface area contributed by atoms with Crippen molar-refractivity contribution in [3.8, 4) is 24.7 Å². The Morgan fingerprint density at radius 1 is 0.347 bits per heavy atom. The van der Waals surface area contributed by atoms with Crippen molar-refractivity contribution in [2.45, 2.75) is 376 Å². The highest BCUT2D eigenvalue weighted by atomic mass is 32.2. The maximum absolute atomic E-state index is 14.0. The SMILES string of the molecule is C#CCCCCC1(CCCCC#C)C(=O)C2=C(CC(C)=C2)C2=C1C=C(C)C2.CCCCCC(=O)C1(C(=O)OCCCC)C(=O)C2=C(CC(C)=C2)C2=C1C=C(C)C2.CCCCCCCOC1(OCCCCCCC)C(=O)C2=C(CC(C)=C2)C2=C1C=C(C)C2.CCCCCCCSC1(SCCCCCCC)C(=O)C2=C(CC(C)=C2)C2=C1C=C(C)C2. The number of terminal acetylenes is 2. The van der Waals surface area contributed by atoms with Gasteiger partial charge in [-0.15, -0.1) is 48.2 Å². The van der Waals surface area contributed by atoms with Gasteiger partial charge in [0.1, 0.15) is 4.08 Å². The molecule has 0 bridgehead atoms. The molecule has 12 rings (SSSR count). The molecule has 0 amide bonds. The lowest BCUT2D eigenvalue weighted by atomic mass is 9.63. The summed E-state index contributed by atoms with van der Waals surface area (Å²) in [5.74, 6) is 5.80. The molecule has 0 aromatic carbocycles. The fourth-order valence-corrected chi connectivity index (χ4v) is 23.0. The Labute approximate surface area is 722 Å². The second kappa shape index (κ2) is 46.0. The van der Waals surface area contributed by atoms with E-state index in [9.17, 15) is 28.8 Å². The molecule has 0 radical (unpaired) electrons. The zero-order valence-corrected chi connectivity index (χ0v) is 77.1. The summed E-state index contributed by atoms with van der Waals surface area (Å²) in [7, 11) is 0. The number of ketones is 5. The molecule has 12 aliphatic rings. The van der Waals surface area contributed by atoms with Crippen molar-refractivity contribution in [1.29, 1.82) is 0 Å². The number of hydrogen-bond donors (Lipinski definition) is 0. The van der Waals surface area contributed by atoms with Gasteiger partial charge < -0.3 is 14.2 Å². The summed E-state index contributed by atoms with van der Waals surface area (Å²) in [5.41, 5.74) is 25.6. The minimum absolute atomic E-state index is 0.0196. The number of esters is 1. The molecule has 12 aliphatic carbocycles. The quantitative estimate of drug-likeness (QED) is 0.0190. The Morgan fingerprint density at radius 3 is 1.13 bits per heavy atom. The van der Waals surface area contributed by atoms with Crippen molar-refractivity contribution in [3.05, 3.63) is 182 Å². The van der Waals surface area contributed by atoms with Crippen molar-refractivity contribution in [1.82, 2.24) is 0 Å². The summed E-state index contributed by atoms with van der Waals surface area (Å²) in [6.07, 6.45) is 71.3. The van der Waals surface area contributed by atoms with E-state index >= 15 is 0 Å². The second-order valence-corrected chi connectivity index (χ2v) is 39.0.